The van der Waals surface area contributed by atoms with Crippen molar-refractivity contribution in [2.75, 3.05) is 0 Å². The number of carbonyl (C=O) groups excluding carboxylic acids is 1. The summed E-state index contributed by atoms with van der Waals surface area (Å²) in [4.78, 5) is 19.4. The average Bonchev–Trinajstić information content (AvgIpc) is 3.10. The molecule has 0 saturated heterocycles. The molecular formula is C20H12F3N3O. The molecule has 0 atom stereocenters. The summed E-state index contributed by atoms with van der Waals surface area (Å²) in [7, 11) is 0. The van der Waals surface area contributed by atoms with Gasteiger partial charge in [-0.05, 0) is 12.1 Å². The molecule has 0 fully saturated rings. The van der Waals surface area contributed by atoms with E-state index < -0.39 is 11.7 Å². The van der Waals surface area contributed by atoms with Gasteiger partial charge in [-0.15, -0.1) is 0 Å². The van der Waals surface area contributed by atoms with Crippen LogP contribution in [-0.2, 0) is 6.18 Å². The van der Waals surface area contributed by atoms with Crippen LogP contribution in [0.2, 0.25) is 0 Å². The number of fused-ring (bicyclic) bond motifs is 1. The van der Waals surface area contributed by atoms with Crippen molar-refractivity contribution in [2.24, 2.45) is 0 Å². The highest BCUT2D eigenvalue weighted by molar-refractivity contribution is 5.76. The van der Waals surface area contributed by atoms with Crippen LogP contribution in [-0.4, -0.2) is 20.7 Å². The first-order chi connectivity index (χ1) is 13.0. The van der Waals surface area contributed by atoms with Crippen LogP contribution >= 0.6 is 0 Å². The Morgan fingerprint density at radius 3 is 2.15 bits per heavy atom. The van der Waals surface area contributed by atoms with Crippen molar-refractivity contribution in [1.82, 2.24) is 14.4 Å². The Bertz CT molecular complexity index is 1110. The van der Waals surface area contributed by atoms with E-state index in [1.165, 1.54) is 12.1 Å². The molecule has 4 rings (SSSR count). The fraction of sp³-hybridized carbons (Fsp3) is 0.0500. The molecule has 0 N–H and O–H groups in total. The molecule has 0 bridgehead atoms. The lowest BCUT2D eigenvalue weighted by Crippen LogP contribution is -2.04. The molecule has 2 heterocycles. The SMILES string of the molecule is O=Cc1ccc(-c2cn3c(-c4ccc(C(F)(F)F)cc4)cnc3cn2)cc1. The number of rotatable bonds is 3. The Kier molecular flexibility index (Phi) is 3.99. The maximum Gasteiger partial charge on any atom is 0.416 e. The number of imidazole rings is 1. The number of hydrogen-bond donors (Lipinski definition) is 0. The molecule has 0 saturated carbocycles. The number of halogens is 3. The van der Waals surface area contributed by atoms with Crippen LogP contribution in [0.15, 0.2) is 67.1 Å². The van der Waals surface area contributed by atoms with Crippen LogP contribution in [0, 0.1) is 0 Å². The molecule has 27 heavy (non-hydrogen) atoms. The summed E-state index contributed by atoms with van der Waals surface area (Å²) in [5.41, 5.74) is 3.19. The van der Waals surface area contributed by atoms with Crippen LogP contribution in [0.3, 0.4) is 0 Å². The average molecular weight is 367 g/mol. The van der Waals surface area contributed by atoms with E-state index in [4.69, 9.17) is 0 Å². The van der Waals surface area contributed by atoms with Gasteiger partial charge in [0, 0.05) is 22.9 Å². The predicted molar refractivity (Wildman–Crippen MR) is 94.2 cm³/mol. The van der Waals surface area contributed by atoms with E-state index in [-0.39, 0.29) is 0 Å². The zero-order valence-corrected chi connectivity index (χ0v) is 13.8. The van der Waals surface area contributed by atoms with Gasteiger partial charge in [-0.3, -0.25) is 14.2 Å². The second-order valence-electron chi connectivity index (χ2n) is 5.96. The van der Waals surface area contributed by atoms with Crippen LogP contribution in [0.5, 0.6) is 0 Å². The summed E-state index contributed by atoms with van der Waals surface area (Å²) < 4.78 is 40.1. The number of alkyl halides is 3. The van der Waals surface area contributed by atoms with Crippen molar-refractivity contribution in [3.8, 4) is 22.5 Å². The predicted octanol–water partition coefficient (Wildman–Crippen LogP) is 4.89. The second kappa shape index (κ2) is 6.35. The van der Waals surface area contributed by atoms with Crippen LogP contribution in [0.4, 0.5) is 13.2 Å². The molecule has 2 aromatic heterocycles. The molecule has 134 valence electrons. The standard InChI is InChI=1S/C20H12F3N3O/c21-20(22,23)16-7-5-15(6-8-16)18-9-25-19-10-24-17(11-26(18)19)14-3-1-13(12-27)2-4-14/h1-12H. The molecule has 4 nitrogen and oxygen atoms in total. The van der Waals surface area contributed by atoms with Gasteiger partial charge in [-0.2, -0.15) is 13.2 Å². The van der Waals surface area contributed by atoms with Crippen molar-refractivity contribution in [3.63, 3.8) is 0 Å². The Morgan fingerprint density at radius 2 is 1.52 bits per heavy atom. The Balaban J connectivity index is 1.77. The third-order valence-electron chi connectivity index (χ3n) is 4.25. The molecule has 4 aromatic rings. The monoisotopic (exact) mass is 367 g/mol. The van der Waals surface area contributed by atoms with Gasteiger partial charge >= 0.3 is 6.18 Å². The molecule has 7 heteroatoms. The molecule has 0 radical (unpaired) electrons. The highest BCUT2D eigenvalue weighted by Gasteiger charge is 2.30. The van der Waals surface area contributed by atoms with Gasteiger partial charge in [-0.1, -0.05) is 36.4 Å². The normalized spacial score (nSPS) is 11.7. The maximum absolute atomic E-state index is 12.8. The van der Waals surface area contributed by atoms with E-state index in [9.17, 15) is 18.0 Å². The minimum atomic E-state index is -4.37. The summed E-state index contributed by atoms with van der Waals surface area (Å²) in [6, 6.07) is 11.9. The van der Waals surface area contributed by atoms with Crippen molar-refractivity contribution < 1.29 is 18.0 Å². The number of benzene rings is 2. The number of aldehydes is 1. The summed E-state index contributed by atoms with van der Waals surface area (Å²) in [5, 5.41) is 0. The quantitative estimate of drug-likeness (QED) is 0.484. The zero-order chi connectivity index (χ0) is 19.0. The van der Waals surface area contributed by atoms with Gasteiger partial charge in [0.05, 0.1) is 29.3 Å². The first kappa shape index (κ1) is 17.0. The fourth-order valence-corrected chi connectivity index (χ4v) is 2.81. The fourth-order valence-electron chi connectivity index (χ4n) is 2.81. The van der Waals surface area contributed by atoms with Crippen LogP contribution < -0.4 is 0 Å². The first-order valence-corrected chi connectivity index (χ1v) is 8.02. The summed E-state index contributed by atoms with van der Waals surface area (Å²) in [6.45, 7) is 0. The molecule has 0 aliphatic rings. The Morgan fingerprint density at radius 1 is 0.852 bits per heavy atom. The Labute approximate surface area is 151 Å². The highest BCUT2D eigenvalue weighted by atomic mass is 19.4. The summed E-state index contributed by atoms with van der Waals surface area (Å²) >= 11 is 0. The molecular weight excluding hydrogens is 355 g/mol. The van der Waals surface area contributed by atoms with Gasteiger partial charge in [-0.25, -0.2) is 4.98 Å². The number of hydrogen-bond acceptors (Lipinski definition) is 3. The lowest BCUT2D eigenvalue weighted by atomic mass is 10.1. The molecule has 0 amide bonds. The van der Waals surface area contributed by atoms with Crippen molar-refractivity contribution in [1.29, 1.82) is 0 Å². The minimum Gasteiger partial charge on any atom is -0.298 e. The van der Waals surface area contributed by atoms with Crippen molar-refractivity contribution in [3.05, 3.63) is 78.2 Å². The van der Waals surface area contributed by atoms with Crippen molar-refractivity contribution >= 4 is 11.9 Å². The van der Waals surface area contributed by atoms with Gasteiger partial charge < -0.3 is 0 Å². The van der Waals surface area contributed by atoms with Gasteiger partial charge in [0.25, 0.3) is 0 Å². The van der Waals surface area contributed by atoms with Crippen LogP contribution in [0.25, 0.3) is 28.2 Å². The smallest absolute Gasteiger partial charge is 0.298 e. The largest absolute Gasteiger partial charge is 0.416 e. The van der Waals surface area contributed by atoms with E-state index in [2.05, 4.69) is 9.97 Å². The zero-order valence-electron chi connectivity index (χ0n) is 13.8. The topological polar surface area (TPSA) is 47.3 Å². The third-order valence-corrected chi connectivity index (χ3v) is 4.25. The lowest BCUT2D eigenvalue weighted by molar-refractivity contribution is -0.137. The van der Waals surface area contributed by atoms with Crippen molar-refractivity contribution in [2.45, 2.75) is 6.18 Å². The minimum absolute atomic E-state index is 0.563. The van der Waals surface area contributed by atoms with Gasteiger partial charge in [0.15, 0.2) is 5.65 Å². The molecule has 2 aromatic carbocycles. The van der Waals surface area contributed by atoms with E-state index in [1.54, 1.807) is 47.3 Å². The number of carbonyl (C=O) groups is 1. The van der Waals surface area contributed by atoms with Crippen LogP contribution in [0.1, 0.15) is 15.9 Å². The van der Waals surface area contributed by atoms with E-state index in [1.807, 2.05) is 0 Å². The lowest BCUT2D eigenvalue weighted by Gasteiger charge is -2.08. The van der Waals surface area contributed by atoms with E-state index >= 15 is 0 Å². The maximum atomic E-state index is 12.8. The van der Waals surface area contributed by atoms with E-state index in [0.29, 0.717) is 28.2 Å². The molecule has 0 unspecified atom stereocenters. The first-order valence-electron chi connectivity index (χ1n) is 8.02. The van der Waals surface area contributed by atoms with E-state index in [0.717, 1.165) is 24.0 Å². The summed E-state index contributed by atoms with van der Waals surface area (Å²) in [5.74, 6) is 0. The molecule has 0 aliphatic heterocycles. The van der Waals surface area contributed by atoms with Gasteiger partial charge in [0.1, 0.15) is 6.29 Å². The third kappa shape index (κ3) is 3.19. The molecule has 0 spiro atoms. The number of nitrogens with zero attached hydrogens (tertiary/aromatic N) is 3. The molecule has 0 aliphatic carbocycles. The number of aromatic nitrogens is 3. The summed E-state index contributed by atoms with van der Waals surface area (Å²) in [6.07, 6.45) is 1.35. The second-order valence-corrected chi connectivity index (χ2v) is 5.96. The Hall–Kier alpha value is -3.48. The highest BCUT2D eigenvalue weighted by Crippen LogP contribution is 2.31. The van der Waals surface area contributed by atoms with Gasteiger partial charge in [0.2, 0.25) is 0 Å².